The number of carbonyl (C=O) groups excluding carboxylic acids is 1. The molecule has 5 nitrogen and oxygen atoms in total. The lowest BCUT2D eigenvalue weighted by molar-refractivity contribution is -0.140. The molecular formula is C19H25N3O2S. The van der Waals surface area contributed by atoms with Crippen molar-refractivity contribution >= 4 is 17.7 Å². The number of morpholine rings is 1. The zero-order valence-corrected chi connectivity index (χ0v) is 16.0. The number of imidazole rings is 1. The summed E-state index contributed by atoms with van der Waals surface area (Å²) in [6.07, 6.45) is 3.92. The molecule has 2 unspecified atom stereocenters. The Balaban J connectivity index is 1.70. The van der Waals surface area contributed by atoms with Crippen LogP contribution in [0.5, 0.6) is 0 Å². The van der Waals surface area contributed by atoms with Crippen LogP contribution >= 0.6 is 11.8 Å². The number of ether oxygens (including phenoxy) is 1. The van der Waals surface area contributed by atoms with Gasteiger partial charge in [0, 0.05) is 25.5 Å². The third kappa shape index (κ3) is 4.07. The van der Waals surface area contributed by atoms with E-state index in [2.05, 4.69) is 35.5 Å². The van der Waals surface area contributed by atoms with E-state index >= 15 is 0 Å². The van der Waals surface area contributed by atoms with Crippen LogP contribution in [0.2, 0.25) is 0 Å². The van der Waals surface area contributed by atoms with Crippen molar-refractivity contribution < 1.29 is 9.53 Å². The summed E-state index contributed by atoms with van der Waals surface area (Å²) in [5, 5.41) is 0.844. The van der Waals surface area contributed by atoms with Gasteiger partial charge in [-0.15, -0.1) is 0 Å². The average Bonchev–Trinajstić information content (AvgIpc) is 3.02. The van der Waals surface area contributed by atoms with Crippen molar-refractivity contribution in [2.45, 2.75) is 45.1 Å². The van der Waals surface area contributed by atoms with Gasteiger partial charge in [-0.3, -0.25) is 9.36 Å². The van der Waals surface area contributed by atoms with Gasteiger partial charge in [0.2, 0.25) is 5.91 Å². The maximum atomic E-state index is 12.6. The molecule has 1 aliphatic rings. The van der Waals surface area contributed by atoms with Gasteiger partial charge < -0.3 is 9.64 Å². The number of hydrogen-bond donors (Lipinski definition) is 0. The Morgan fingerprint density at radius 2 is 2.00 bits per heavy atom. The van der Waals surface area contributed by atoms with Gasteiger partial charge in [-0.25, -0.2) is 4.98 Å². The summed E-state index contributed by atoms with van der Waals surface area (Å²) in [6.45, 7) is 9.56. The Morgan fingerprint density at radius 3 is 2.72 bits per heavy atom. The van der Waals surface area contributed by atoms with Crippen molar-refractivity contribution in [1.29, 1.82) is 0 Å². The molecule has 0 spiro atoms. The molecule has 2 heterocycles. The van der Waals surface area contributed by atoms with E-state index in [0.29, 0.717) is 18.8 Å². The molecule has 6 heteroatoms. The molecule has 1 fully saturated rings. The molecule has 1 aromatic heterocycles. The molecule has 3 rings (SSSR count). The SMILES string of the molecule is Cc1cccc(-n2ccnc2SCC(=O)N2CC(C)OC(C)C2)c1C. The minimum absolute atomic E-state index is 0.0922. The van der Waals surface area contributed by atoms with Crippen molar-refractivity contribution in [2.75, 3.05) is 18.8 Å². The van der Waals surface area contributed by atoms with Gasteiger partial charge in [0.05, 0.1) is 23.6 Å². The molecule has 0 aliphatic carbocycles. The largest absolute Gasteiger partial charge is 0.372 e. The highest BCUT2D eigenvalue weighted by atomic mass is 32.2. The number of amides is 1. The van der Waals surface area contributed by atoms with Gasteiger partial charge in [0.25, 0.3) is 0 Å². The van der Waals surface area contributed by atoms with Crippen molar-refractivity contribution in [2.24, 2.45) is 0 Å². The van der Waals surface area contributed by atoms with Crippen molar-refractivity contribution in [1.82, 2.24) is 14.5 Å². The van der Waals surface area contributed by atoms with E-state index in [0.717, 1.165) is 10.8 Å². The molecule has 1 aliphatic heterocycles. The monoisotopic (exact) mass is 359 g/mol. The van der Waals surface area contributed by atoms with Gasteiger partial charge in [-0.05, 0) is 44.9 Å². The minimum Gasteiger partial charge on any atom is -0.372 e. The van der Waals surface area contributed by atoms with Crippen LogP contribution in [0.4, 0.5) is 0 Å². The van der Waals surface area contributed by atoms with Gasteiger partial charge in [-0.2, -0.15) is 0 Å². The highest BCUT2D eigenvalue weighted by Crippen LogP contribution is 2.25. The summed E-state index contributed by atoms with van der Waals surface area (Å²) >= 11 is 1.49. The second-order valence-electron chi connectivity index (χ2n) is 6.64. The summed E-state index contributed by atoms with van der Waals surface area (Å²) in [5.41, 5.74) is 3.58. The molecule has 1 saturated heterocycles. The number of aryl methyl sites for hydroxylation is 1. The number of thioether (sulfide) groups is 1. The van der Waals surface area contributed by atoms with Gasteiger partial charge in [-0.1, -0.05) is 23.9 Å². The van der Waals surface area contributed by atoms with Crippen LogP contribution in [0.15, 0.2) is 35.7 Å². The summed E-state index contributed by atoms with van der Waals surface area (Å²) in [6, 6.07) is 6.24. The number of hydrogen-bond acceptors (Lipinski definition) is 4. The minimum atomic E-state index is 0.0922. The Kier molecular flexibility index (Phi) is 5.49. The van der Waals surface area contributed by atoms with E-state index < -0.39 is 0 Å². The molecule has 0 saturated carbocycles. The number of carbonyl (C=O) groups is 1. The lowest BCUT2D eigenvalue weighted by Gasteiger charge is -2.35. The molecule has 1 amide bonds. The summed E-state index contributed by atoms with van der Waals surface area (Å²) in [4.78, 5) is 18.9. The number of nitrogens with zero attached hydrogens (tertiary/aromatic N) is 3. The molecule has 0 N–H and O–H groups in total. The van der Waals surface area contributed by atoms with Crippen LogP contribution in [0.3, 0.4) is 0 Å². The first-order valence-electron chi connectivity index (χ1n) is 8.61. The Labute approximate surface area is 153 Å². The predicted molar refractivity (Wildman–Crippen MR) is 100 cm³/mol. The molecular weight excluding hydrogens is 334 g/mol. The molecule has 2 atom stereocenters. The molecule has 134 valence electrons. The fourth-order valence-corrected chi connectivity index (χ4v) is 4.04. The fourth-order valence-electron chi connectivity index (χ4n) is 3.18. The van der Waals surface area contributed by atoms with Crippen molar-refractivity contribution in [3.8, 4) is 5.69 Å². The molecule has 1 aromatic carbocycles. The topological polar surface area (TPSA) is 47.4 Å². The van der Waals surface area contributed by atoms with Crippen molar-refractivity contribution in [3.05, 3.63) is 41.7 Å². The first-order chi connectivity index (χ1) is 12.0. The fraction of sp³-hybridized carbons (Fsp3) is 0.474. The molecule has 0 bridgehead atoms. The second kappa shape index (κ2) is 7.62. The quantitative estimate of drug-likeness (QED) is 0.787. The van der Waals surface area contributed by atoms with Gasteiger partial charge >= 0.3 is 0 Å². The zero-order chi connectivity index (χ0) is 18.0. The van der Waals surface area contributed by atoms with E-state index in [4.69, 9.17) is 4.74 Å². The van der Waals surface area contributed by atoms with Crippen LogP contribution in [-0.2, 0) is 9.53 Å². The van der Waals surface area contributed by atoms with Gasteiger partial charge in [0.1, 0.15) is 0 Å². The maximum Gasteiger partial charge on any atom is 0.233 e. The highest BCUT2D eigenvalue weighted by molar-refractivity contribution is 7.99. The third-order valence-electron chi connectivity index (χ3n) is 4.54. The maximum absolute atomic E-state index is 12.6. The first kappa shape index (κ1) is 18.0. The van der Waals surface area contributed by atoms with Gasteiger partial charge in [0.15, 0.2) is 5.16 Å². The van der Waals surface area contributed by atoms with E-state index in [9.17, 15) is 4.79 Å². The number of benzene rings is 1. The summed E-state index contributed by atoms with van der Waals surface area (Å²) < 4.78 is 7.76. The molecule has 2 aromatic rings. The van der Waals surface area contributed by atoms with E-state index in [1.165, 1.54) is 22.9 Å². The van der Waals surface area contributed by atoms with Crippen LogP contribution in [0.25, 0.3) is 5.69 Å². The number of aromatic nitrogens is 2. The Hall–Kier alpha value is -1.79. The van der Waals surface area contributed by atoms with E-state index in [1.54, 1.807) is 6.20 Å². The number of rotatable bonds is 4. The normalized spacial score (nSPS) is 20.7. The molecule has 0 radical (unpaired) electrons. The van der Waals surface area contributed by atoms with Crippen LogP contribution < -0.4 is 0 Å². The van der Waals surface area contributed by atoms with E-state index in [1.807, 2.05) is 31.0 Å². The lowest BCUT2D eigenvalue weighted by Crippen LogP contribution is -2.48. The highest BCUT2D eigenvalue weighted by Gasteiger charge is 2.26. The smallest absolute Gasteiger partial charge is 0.233 e. The van der Waals surface area contributed by atoms with Crippen LogP contribution in [-0.4, -0.2) is 51.4 Å². The molecule has 25 heavy (non-hydrogen) atoms. The standard InChI is InChI=1S/C19H25N3O2S/c1-13-6-5-7-17(16(13)4)22-9-8-20-19(22)25-12-18(23)21-10-14(2)24-15(3)11-21/h5-9,14-15H,10-12H2,1-4H3. The van der Waals surface area contributed by atoms with Crippen LogP contribution in [0, 0.1) is 13.8 Å². The average molecular weight is 359 g/mol. The Bertz CT molecular complexity index is 749. The second-order valence-corrected chi connectivity index (χ2v) is 7.59. The lowest BCUT2D eigenvalue weighted by atomic mass is 10.1. The van der Waals surface area contributed by atoms with Crippen molar-refractivity contribution in [3.63, 3.8) is 0 Å². The predicted octanol–water partition coefficient (Wildman–Crippen LogP) is 3.22. The third-order valence-corrected chi connectivity index (χ3v) is 5.49. The Morgan fingerprint density at radius 1 is 1.28 bits per heavy atom. The van der Waals surface area contributed by atoms with E-state index in [-0.39, 0.29) is 18.1 Å². The van der Waals surface area contributed by atoms with Crippen LogP contribution in [0.1, 0.15) is 25.0 Å². The summed E-state index contributed by atoms with van der Waals surface area (Å²) in [5.74, 6) is 0.531. The summed E-state index contributed by atoms with van der Waals surface area (Å²) in [7, 11) is 0. The first-order valence-corrected chi connectivity index (χ1v) is 9.60. The zero-order valence-electron chi connectivity index (χ0n) is 15.2.